The highest BCUT2D eigenvalue weighted by molar-refractivity contribution is 5.79. The summed E-state index contributed by atoms with van der Waals surface area (Å²) in [5, 5.41) is 24.7. The van der Waals surface area contributed by atoms with Crippen LogP contribution in [0.25, 0.3) is 0 Å². The van der Waals surface area contributed by atoms with E-state index in [2.05, 4.69) is 30.4 Å². The fourth-order valence-corrected chi connectivity index (χ4v) is 3.05. The number of benzene rings is 1. The molecule has 3 N–H and O–H groups in total. The number of rotatable bonds is 7. The summed E-state index contributed by atoms with van der Waals surface area (Å²) in [4.78, 5) is 4.62. The average Bonchev–Trinajstić information content (AvgIpc) is 3.25. The number of aryl methyl sites for hydroxylation is 1. The Kier molecular flexibility index (Phi) is 6.00. The lowest BCUT2D eigenvalue weighted by Gasteiger charge is -2.18. The number of aliphatic hydroxyl groups excluding tert-OH is 1. The Morgan fingerprint density at radius 1 is 1.28 bits per heavy atom. The summed E-state index contributed by atoms with van der Waals surface area (Å²) >= 11 is 0. The van der Waals surface area contributed by atoms with Crippen molar-refractivity contribution in [3.8, 4) is 0 Å². The maximum absolute atomic E-state index is 9.69. The molecule has 2 aromatic rings. The van der Waals surface area contributed by atoms with Crippen LogP contribution in [0, 0.1) is 0 Å². The van der Waals surface area contributed by atoms with Gasteiger partial charge in [0.2, 0.25) is 0 Å². The van der Waals surface area contributed by atoms with Gasteiger partial charge in [-0.1, -0.05) is 30.3 Å². The van der Waals surface area contributed by atoms with E-state index >= 15 is 0 Å². The Balaban J connectivity index is 1.62. The number of nitrogens with one attached hydrogen (secondary N) is 2. The van der Waals surface area contributed by atoms with Crippen LogP contribution in [0.2, 0.25) is 0 Å². The van der Waals surface area contributed by atoms with Crippen LogP contribution in [-0.4, -0.2) is 45.5 Å². The summed E-state index contributed by atoms with van der Waals surface area (Å²) in [5.74, 6) is 2.73. The first-order valence-electron chi connectivity index (χ1n) is 8.90. The molecule has 0 amide bonds. The summed E-state index contributed by atoms with van der Waals surface area (Å²) in [6.45, 7) is 5.00. The van der Waals surface area contributed by atoms with E-state index in [1.807, 2.05) is 37.3 Å². The third-order valence-electron chi connectivity index (χ3n) is 4.42. The van der Waals surface area contributed by atoms with E-state index in [1.165, 1.54) is 0 Å². The van der Waals surface area contributed by atoms with Crippen molar-refractivity contribution in [3.63, 3.8) is 0 Å². The first-order valence-corrected chi connectivity index (χ1v) is 8.90. The SMILES string of the molecule is CCNC(=NCc1nnc2n1CCC2)NCC(CO)c1ccccc1. The Morgan fingerprint density at radius 2 is 2.12 bits per heavy atom. The summed E-state index contributed by atoms with van der Waals surface area (Å²) < 4.78 is 2.16. The Bertz CT molecular complexity index is 697. The number of fused-ring (bicyclic) bond motifs is 1. The van der Waals surface area contributed by atoms with Crippen LogP contribution in [-0.2, 0) is 19.5 Å². The molecule has 1 aromatic heterocycles. The predicted molar refractivity (Wildman–Crippen MR) is 97.4 cm³/mol. The minimum atomic E-state index is 0.0300. The van der Waals surface area contributed by atoms with Crippen LogP contribution in [0.4, 0.5) is 0 Å². The number of aliphatic hydroxyl groups is 1. The molecule has 0 bridgehead atoms. The molecule has 7 heteroatoms. The minimum absolute atomic E-state index is 0.0300. The zero-order valence-corrected chi connectivity index (χ0v) is 14.6. The fraction of sp³-hybridized carbons (Fsp3) is 0.500. The molecule has 7 nitrogen and oxygen atoms in total. The molecule has 1 aromatic carbocycles. The standard InChI is InChI=1S/C18H26N6O/c1-2-19-18(20-11-15(13-25)14-7-4-3-5-8-14)21-12-17-23-22-16-9-6-10-24(16)17/h3-5,7-8,15,25H,2,6,9-13H2,1H3,(H2,19,20,21). The van der Waals surface area contributed by atoms with E-state index in [9.17, 15) is 5.11 Å². The molecule has 1 atom stereocenters. The Morgan fingerprint density at radius 3 is 2.88 bits per heavy atom. The van der Waals surface area contributed by atoms with Gasteiger partial charge in [-0.15, -0.1) is 10.2 Å². The first kappa shape index (κ1) is 17.4. The van der Waals surface area contributed by atoms with Gasteiger partial charge in [0.1, 0.15) is 12.4 Å². The zero-order valence-electron chi connectivity index (χ0n) is 14.6. The second-order valence-electron chi connectivity index (χ2n) is 6.15. The van der Waals surface area contributed by atoms with Gasteiger partial charge in [0.15, 0.2) is 11.8 Å². The van der Waals surface area contributed by atoms with E-state index < -0.39 is 0 Å². The van der Waals surface area contributed by atoms with Gasteiger partial charge in [0.25, 0.3) is 0 Å². The molecule has 1 aliphatic rings. The second-order valence-corrected chi connectivity index (χ2v) is 6.15. The van der Waals surface area contributed by atoms with Gasteiger partial charge in [-0.05, 0) is 18.9 Å². The lowest BCUT2D eigenvalue weighted by atomic mass is 10.0. The first-order chi connectivity index (χ1) is 12.3. The number of nitrogens with zero attached hydrogens (tertiary/aromatic N) is 4. The van der Waals surface area contributed by atoms with Gasteiger partial charge in [0, 0.05) is 32.0 Å². The molecule has 0 fully saturated rings. The molecule has 0 radical (unpaired) electrons. The Labute approximate surface area is 148 Å². The number of hydrogen-bond donors (Lipinski definition) is 3. The molecule has 0 spiro atoms. The van der Waals surface area contributed by atoms with Crippen molar-refractivity contribution in [2.24, 2.45) is 4.99 Å². The van der Waals surface area contributed by atoms with Gasteiger partial charge >= 0.3 is 0 Å². The summed E-state index contributed by atoms with van der Waals surface area (Å²) in [7, 11) is 0. The van der Waals surface area contributed by atoms with Crippen molar-refractivity contribution in [1.29, 1.82) is 0 Å². The van der Waals surface area contributed by atoms with E-state index in [0.717, 1.165) is 49.1 Å². The van der Waals surface area contributed by atoms with Crippen LogP contribution < -0.4 is 10.6 Å². The van der Waals surface area contributed by atoms with Crippen molar-refractivity contribution in [1.82, 2.24) is 25.4 Å². The van der Waals surface area contributed by atoms with Crippen molar-refractivity contribution < 1.29 is 5.11 Å². The molecule has 25 heavy (non-hydrogen) atoms. The van der Waals surface area contributed by atoms with Crippen LogP contribution in [0.3, 0.4) is 0 Å². The molecule has 1 unspecified atom stereocenters. The van der Waals surface area contributed by atoms with E-state index in [1.54, 1.807) is 0 Å². The topological polar surface area (TPSA) is 87.4 Å². The van der Waals surface area contributed by atoms with Crippen LogP contribution >= 0.6 is 0 Å². The summed E-state index contributed by atoms with van der Waals surface area (Å²) in [6, 6.07) is 10.0. The predicted octanol–water partition coefficient (Wildman–Crippen LogP) is 1.06. The van der Waals surface area contributed by atoms with Gasteiger partial charge < -0.3 is 20.3 Å². The minimum Gasteiger partial charge on any atom is -0.396 e. The third-order valence-corrected chi connectivity index (χ3v) is 4.42. The van der Waals surface area contributed by atoms with Crippen LogP contribution in [0.15, 0.2) is 35.3 Å². The lowest BCUT2D eigenvalue weighted by Crippen LogP contribution is -2.40. The molecule has 1 aliphatic heterocycles. The summed E-state index contributed by atoms with van der Waals surface area (Å²) in [6.07, 6.45) is 2.14. The molecule has 3 rings (SSSR count). The van der Waals surface area contributed by atoms with Crippen molar-refractivity contribution in [2.75, 3.05) is 19.7 Å². The second kappa shape index (κ2) is 8.62. The maximum atomic E-state index is 9.69. The van der Waals surface area contributed by atoms with E-state index in [-0.39, 0.29) is 12.5 Å². The van der Waals surface area contributed by atoms with Crippen molar-refractivity contribution >= 4 is 5.96 Å². The fourth-order valence-electron chi connectivity index (χ4n) is 3.05. The lowest BCUT2D eigenvalue weighted by molar-refractivity contribution is 0.265. The average molecular weight is 342 g/mol. The quantitative estimate of drug-likeness (QED) is 0.517. The molecule has 0 aliphatic carbocycles. The summed E-state index contributed by atoms with van der Waals surface area (Å²) in [5.41, 5.74) is 1.11. The molecule has 0 saturated carbocycles. The van der Waals surface area contributed by atoms with Crippen LogP contribution in [0.1, 0.15) is 36.5 Å². The normalized spacial score (nSPS) is 15.0. The number of aromatic nitrogens is 3. The molecule has 134 valence electrons. The number of guanidine groups is 1. The largest absolute Gasteiger partial charge is 0.396 e. The number of aliphatic imine (C=N–C) groups is 1. The zero-order chi connectivity index (χ0) is 17.5. The van der Waals surface area contributed by atoms with E-state index in [0.29, 0.717) is 13.1 Å². The number of hydrogen-bond acceptors (Lipinski definition) is 4. The third kappa shape index (κ3) is 4.36. The van der Waals surface area contributed by atoms with E-state index in [4.69, 9.17) is 0 Å². The van der Waals surface area contributed by atoms with Crippen molar-refractivity contribution in [3.05, 3.63) is 47.5 Å². The molecular weight excluding hydrogens is 316 g/mol. The van der Waals surface area contributed by atoms with Crippen molar-refractivity contribution in [2.45, 2.75) is 38.8 Å². The smallest absolute Gasteiger partial charge is 0.191 e. The highest BCUT2D eigenvalue weighted by Gasteiger charge is 2.17. The Hall–Kier alpha value is -2.41. The highest BCUT2D eigenvalue weighted by atomic mass is 16.3. The van der Waals surface area contributed by atoms with Gasteiger partial charge in [-0.3, -0.25) is 0 Å². The molecule has 0 saturated heterocycles. The highest BCUT2D eigenvalue weighted by Crippen LogP contribution is 2.15. The molecular formula is C18H26N6O. The van der Waals surface area contributed by atoms with Gasteiger partial charge in [-0.2, -0.15) is 0 Å². The van der Waals surface area contributed by atoms with Crippen LogP contribution in [0.5, 0.6) is 0 Å². The molecule has 2 heterocycles. The maximum Gasteiger partial charge on any atom is 0.191 e. The van der Waals surface area contributed by atoms with Gasteiger partial charge in [-0.25, -0.2) is 4.99 Å². The van der Waals surface area contributed by atoms with Gasteiger partial charge in [0.05, 0.1) is 6.61 Å². The monoisotopic (exact) mass is 342 g/mol.